The number of thiazole rings is 1. The SMILES string of the molecule is COc1ccc(-c2csc(NC(=O)C(C)OC(=O)c3cnc4ccccc4n3)n2)cc1. The van der Waals surface area contributed by atoms with E-state index < -0.39 is 18.0 Å². The van der Waals surface area contributed by atoms with Gasteiger partial charge in [0.05, 0.1) is 30.0 Å². The van der Waals surface area contributed by atoms with E-state index >= 15 is 0 Å². The number of methoxy groups -OCH3 is 1. The van der Waals surface area contributed by atoms with Gasteiger partial charge in [0.1, 0.15) is 5.75 Å². The first kappa shape index (κ1) is 20.4. The fourth-order valence-electron chi connectivity index (χ4n) is 2.76. The average Bonchev–Trinajstić information content (AvgIpc) is 3.27. The Bertz CT molecular complexity index is 1240. The number of hydrogen-bond donors (Lipinski definition) is 1. The molecule has 2 aromatic carbocycles. The Balaban J connectivity index is 1.38. The van der Waals surface area contributed by atoms with Crippen LogP contribution < -0.4 is 10.1 Å². The summed E-state index contributed by atoms with van der Waals surface area (Å²) in [6, 6.07) is 14.6. The Morgan fingerprint density at radius 3 is 2.52 bits per heavy atom. The Labute approximate surface area is 181 Å². The van der Waals surface area contributed by atoms with Crippen molar-refractivity contribution in [1.29, 1.82) is 0 Å². The summed E-state index contributed by atoms with van der Waals surface area (Å²) in [6.45, 7) is 1.49. The van der Waals surface area contributed by atoms with Crippen molar-refractivity contribution in [1.82, 2.24) is 15.0 Å². The highest BCUT2D eigenvalue weighted by molar-refractivity contribution is 7.14. The lowest BCUT2D eigenvalue weighted by molar-refractivity contribution is -0.123. The molecular formula is C22H18N4O4S. The molecule has 0 saturated carbocycles. The molecule has 2 aromatic heterocycles. The second-order valence-corrected chi connectivity index (χ2v) is 7.41. The van der Waals surface area contributed by atoms with E-state index in [9.17, 15) is 9.59 Å². The van der Waals surface area contributed by atoms with Gasteiger partial charge in [-0.2, -0.15) is 0 Å². The Hall–Kier alpha value is -3.85. The van der Waals surface area contributed by atoms with Crippen molar-refractivity contribution in [2.75, 3.05) is 12.4 Å². The van der Waals surface area contributed by atoms with E-state index in [4.69, 9.17) is 9.47 Å². The molecule has 0 bridgehead atoms. The lowest BCUT2D eigenvalue weighted by Gasteiger charge is -2.12. The first-order valence-electron chi connectivity index (χ1n) is 9.37. The number of carbonyl (C=O) groups is 2. The van der Waals surface area contributed by atoms with Crippen LogP contribution in [0.25, 0.3) is 22.3 Å². The molecule has 0 aliphatic carbocycles. The fourth-order valence-corrected chi connectivity index (χ4v) is 3.49. The van der Waals surface area contributed by atoms with Crippen LogP contribution in [0.5, 0.6) is 5.75 Å². The maximum Gasteiger partial charge on any atom is 0.359 e. The molecule has 156 valence electrons. The highest BCUT2D eigenvalue weighted by Crippen LogP contribution is 2.26. The highest BCUT2D eigenvalue weighted by atomic mass is 32.1. The third-order valence-electron chi connectivity index (χ3n) is 4.43. The second kappa shape index (κ2) is 8.88. The number of aromatic nitrogens is 3. The fraction of sp³-hybridized carbons (Fsp3) is 0.136. The zero-order chi connectivity index (χ0) is 21.8. The van der Waals surface area contributed by atoms with Crippen LogP contribution >= 0.6 is 11.3 Å². The van der Waals surface area contributed by atoms with Crippen LogP contribution in [0.3, 0.4) is 0 Å². The lowest BCUT2D eigenvalue weighted by Crippen LogP contribution is -2.30. The van der Waals surface area contributed by atoms with E-state index in [1.165, 1.54) is 24.5 Å². The summed E-state index contributed by atoms with van der Waals surface area (Å²) >= 11 is 1.28. The molecule has 4 aromatic rings. The van der Waals surface area contributed by atoms with E-state index in [1.54, 1.807) is 25.3 Å². The topological polar surface area (TPSA) is 103 Å². The molecule has 1 amide bonds. The number of esters is 1. The molecule has 9 heteroatoms. The third-order valence-corrected chi connectivity index (χ3v) is 5.19. The quantitative estimate of drug-likeness (QED) is 0.458. The molecule has 0 aliphatic rings. The number of carbonyl (C=O) groups excluding carboxylic acids is 2. The molecule has 31 heavy (non-hydrogen) atoms. The van der Waals surface area contributed by atoms with Crippen LogP contribution in [-0.2, 0) is 9.53 Å². The number of anilines is 1. The number of nitrogens with zero attached hydrogens (tertiary/aromatic N) is 3. The number of benzene rings is 2. The van der Waals surface area contributed by atoms with Crippen LogP contribution in [0.2, 0.25) is 0 Å². The average molecular weight is 434 g/mol. The summed E-state index contributed by atoms with van der Waals surface area (Å²) < 4.78 is 10.4. The number of nitrogens with one attached hydrogen (secondary N) is 1. The van der Waals surface area contributed by atoms with Crippen molar-refractivity contribution in [2.24, 2.45) is 0 Å². The standard InChI is InChI=1S/C22H18N4O4S/c1-13(30-21(28)18-11-23-16-5-3-4-6-17(16)24-18)20(27)26-22-25-19(12-31-22)14-7-9-15(29-2)10-8-14/h3-13H,1-2H3,(H,25,26,27). The normalized spacial score (nSPS) is 11.7. The minimum atomic E-state index is -1.03. The van der Waals surface area contributed by atoms with Gasteiger partial charge < -0.3 is 9.47 Å². The number of ether oxygens (including phenoxy) is 2. The summed E-state index contributed by atoms with van der Waals surface area (Å²) in [4.78, 5) is 37.6. The van der Waals surface area contributed by atoms with Crippen LogP contribution in [0, 0.1) is 0 Å². The molecule has 1 atom stereocenters. The van der Waals surface area contributed by atoms with Gasteiger partial charge in [0.25, 0.3) is 5.91 Å². The molecule has 0 fully saturated rings. The summed E-state index contributed by atoms with van der Waals surface area (Å²) in [6.07, 6.45) is 0.297. The number of fused-ring (bicyclic) bond motifs is 1. The van der Waals surface area contributed by atoms with Gasteiger partial charge in [0, 0.05) is 10.9 Å². The third kappa shape index (κ3) is 4.67. The van der Waals surface area contributed by atoms with E-state index in [1.807, 2.05) is 35.7 Å². The lowest BCUT2D eigenvalue weighted by atomic mass is 10.2. The van der Waals surface area contributed by atoms with Crippen molar-refractivity contribution < 1.29 is 19.1 Å². The Morgan fingerprint density at radius 1 is 1.03 bits per heavy atom. The maximum absolute atomic E-state index is 12.4. The number of rotatable bonds is 6. The molecule has 4 rings (SSSR count). The molecule has 8 nitrogen and oxygen atoms in total. The van der Waals surface area contributed by atoms with Gasteiger partial charge in [0.2, 0.25) is 0 Å². The largest absolute Gasteiger partial charge is 0.497 e. The van der Waals surface area contributed by atoms with Gasteiger partial charge in [-0.25, -0.2) is 14.8 Å². The second-order valence-electron chi connectivity index (χ2n) is 6.55. The maximum atomic E-state index is 12.4. The number of para-hydroxylation sites is 2. The first-order valence-corrected chi connectivity index (χ1v) is 10.2. The van der Waals surface area contributed by atoms with Crippen molar-refractivity contribution in [3.63, 3.8) is 0 Å². The van der Waals surface area contributed by atoms with Crippen molar-refractivity contribution >= 4 is 39.4 Å². The summed E-state index contributed by atoms with van der Waals surface area (Å²) in [7, 11) is 1.60. The van der Waals surface area contributed by atoms with Crippen LogP contribution in [-0.4, -0.2) is 40.0 Å². The predicted octanol–water partition coefficient (Wildman–Crippen LogP) is 3.95. The Morgan fingerprint density at radius 2 is 1.77 bits per heavy atom. The first-order chi connectivity index (χ1) is 15.0. The van der Waals surface area contributed by atoms with Crippen molar-refractivity contribution in [3.8, 4) is 17.0 Å². The smallest absolute Gasteiger partial charge is 0.359 e. The van der Waals surface area contributed by atoms with Crippen LogP contribution in [0.4, 0.5) is 5.13 Å². The highest BCUT2D eigenvalue weighted by Gasteiger charge is 2.21. The molecule has 2 heterocycles. The van der Waals surface area contributed by atoms with E-state index in [0.29, 0.717) is 16.2 Å². The molecule has 0 radical (unpaired) electrons. The van der Waals surface area contributed by atoms with Gasteiger partial charge in [0.15, 0.2) is 16.9 Å². The summed E-state index contributed by atoms with van der Waals surface area (Å²) in [5.74, 6) is -0.462. The zero-order valence-corrected chi connectivity index (χ0v) is 17.6. The molecular weight excluding hydrogens is 416 g/mol. The van der Waals surface area contributed by atoms with Crippen molar-refractivity contribution in [3.05, 3.63) is 65.8 Å². The summed E-state index contributed by atoms with van der Waals surface area (Å²) in [5.41, 5.74) is 2.89. The van der Waals surface area contributed by atoms with Gasteiger partial charge in [-0.3, -0.25) is 15.1 Å². The predicted molar refractivity (Wildman–Crippen MR) is 117 cm³/mol. The molecule has 0 saturated heterocycles. The van der Waals surface area contributed by atoms with Crippen LogP contribution in [0.15, 0.2) is 60.1 Å². The van der Waals surface area contributed by atoms with Gasteiger partial charge >= 0.3 is 5.97 Å². The monoisotopic (exact) mass is 434 g/mol. The minimum absolute atomic E-state index is 0.0365. The van der Waals surface area contributed by atoms with Crippen LogP contribution in [0.1, 0.15) is 17.4 Å². The van der Waals surface area contributed by atoms with E-state index in [2.05, 4.69) is 20.3 Å². The molecule has 0 spiro atoms. The number of amides is 1. The van der Waals surface area contributed by atoms with Gasteiger partial charge in [-0.15, -0.1) is 11.3 Å². The van der Waals surface area contributed by atoms with Crippen molar-refractivity contribution in [2.45, 2.75) is 13.0 Å². The number of hydrogen-bond acceptors (Lipinski definition) is 8. The van der Waals surface area contributed by atoms with Gasteiger partial charge in [-0.05, 0) is 43.3 Å². The molecule has 0 aliphatic heterocycles. The van der Waals surface area contributed by atoms with E-state index in [0.717, 1.165) is 17.0 Å². The van der Waals surface area contributed by atoms with E-state index in [-0.39, 0.29) is 5.69 Å². The molecule has 1 unspecified atom stereocenters. The van der Waals surface area contributed by atoms with Gasteiger partial charge in [-0.1, -0.05) is 12.1 Å². The minimum Gasteiger partial charge on any atom is -0.497 e. The summed E-state index contributed by atoms with van der Waals surface area (Å²) in [5, 5.41) is 4.91. The zero-order valence-electron chi connectivity index (χ0n) is 16.7. The molecule has 1 N–H and O–H groups in total. The Kier molecular flexibility index (Phi) is 5.85.